The molecule has 10 heavy (non-hydrogen) atoms. The summed E-state index contributed by atoms with van der Waals surface area (Å²) in [4.78, 5) is 0. The second-order valence-electron chi connectivity index (χ2n) is 1.82. The fourth-order valence-electron chi connectivity index (χ4n) is 0.515. The number of anilines is 1. The molecule has 0 bridgehead atoms. The summed E-state index contributed by atoms with van der Waals surface area (Å²) in [6.07, 6.45) is 0. The van der Waals surface area contributed by atoms with Crippen molar-refractivity contribution in [3.8, 4) is 0 Å². The minimum Gasteiger partial charge on any atom is -0.420 e. The van der Waals surface area contributed by atoms with Gasteiger partial charge < -0.3 is 13.2 Å². The van der Waals surface area contributed by atoms with Crippen LogP contribution in [0.2, 0.25) is 0 Å². The van der Waals surface area contributed by atoms with Crippen molar-refractivity contribution in [2.75, 3.05) is 5.73 Å². The van der Waals surface area contributed by atoms with Crippen molar-refractivity contribution >= 4 is 5.69 Å². The SMILES string of the molecule is Cc1c[c-]c(N)cc1.[CH3-].[W+2]. The molecule has 2 N–H and O–H groups in total. The van der Waals surface area contributed by atoms with Gasteiger partial charge in [-0.25, -0.2) is 0 Å². The number of aryl methyl sites for hydroxylation is 1. The summed E-state index contributed by atoms with van der Waals surface area (Å²) in [6.45, 7) is 2.01. The summed E-state index contributed by atoms with van der Waals surface area (Å²) >= 11 is 0. The first kappa shape index (κ1) is 12.4. The molecule has 0 amide bonds. The Kier molecular flexibility index (Phi) is 6.80. The predicted molar refractivity (Wildman–Crippen MR) is 40.8 cm³/mol. The van der Waals surface area contributed by atoms with E-state index in [4.69, 9.17) is 5.73 Å². The van der Waals surface area contributed by atoms with E-state index in [1.54, 1.807) is 0 Å². The topological polar surface area (TPSA) is 26.0 Å². The Morgan fingerprint density at radius 1 is 1.40 bits per heavy atom. The van der Waals surface area contributed by atoms with E-state index in [1.165, 1.54) is 5.56 Å². The first-order valence-corrected chi connectivity index (χ1v) is 2.53. The van der Waals surface area contributed by atoms with Gasteiger partial charge in [0.25, 0.3) is 0 Å². The largest absolute Gasteiger partial charge is 2.00 e. The number of hydrogen-bond donors (Lipinski definition) is 1. The molecule has 54 valence electrons. The summed E-state index contributed by atoms with van der Waals surface area (Å²) in [5, 5.41) is 0. The van der Waals surface area contributed by atoms with Crippen molar-refractivity contribution in [1.82, 2.24) is 0 Å². The van der Waals surface area contributed by atoms with Crippen LogP contribution >= 0.6 is 0 Å². The van der Waals surface area contributed by atoms with Gasteiger partial charge in [0.1, 0.15) is 0 Å². The van der Waals surface area contributed by atoms with Crippen LogP contribution in [0, 0.1) is 20.4 Å². The third-order valence-corrected chi connectivity index (χ3v) is 0.992. The van der Waals surface area contributed by atoms with Gasteiger partial charge in [-0.3, -0.25) is 0 Å². The molecule has 1 aromatic rings. The quantitative estimate of drug-likeness (QED) is 0.574. The Morgan fingerprint density at radius 2 is 2.00 bits per heavy atom. The number of nitrogen functional groups attached to an aromatic ring is 1. The normalized spacial score (nSPS) is 7.30. The van der Waals surface area contributed by atoms with Gasteiger partial charge in [0, 0.05) is 0 Å². The molecule has 0 fully saturated rings. The molecule has 1 rings (SSSR count). The molecular formula is C8H11NW. The molecule has 2 heteroatoms. The van der Waals surface area contributed by atoms with Crippen LogP contribution < -0.4 is 5.73 Å². The molecule has 0 aromatic heterocycles. The predicted octanol–water partition coefficient (Wildman–Crippen LogP) is 1.83. The molecule has 0 spiro atoms. The van der Waals surface area contributed by atoms with Gasteiger partial charge in [0.2, 0.25) is 0 Å². The van der Waals surface area contributed by atoms with E-state index in [0.717, 1.165) is 0 Å². The van der Waals surface area contributed by atoms with Crippen molar-refractivity contribution in [2.45, 2.75) is 6.92 Å². The van der Waals surface area contributed by atoms with E-state index in [-0.39, 0.29) is 28.5 Å². The van der Waals surface area contributed by atoms with Crippen LogP contribution in [0.5, 0.6) is 0 Å². The maximum Gasteiger partial charge on any atom is 2.00 e. The molecular weight excluding hydrogens is 294 g/mol. The summed E-state index contributed by atoms with van der Waals surface area (Å²) in [7, 11) is 0. The molecule has 0 unspecified atom stereocenters. The van der Waals surface area contributed by atoms with E-state index in [2.05, 4.69) is 6.07 Å². The maximum atomic E-state index is 5.37. The van der Waals surface area contributed by atoms with E-state index in [1.807, 2.05) is 25.1 Å². The van der Waals surface area contributed by atoms with E-state index >= 15 is 0 Å². The molecule has 0 aliphatic heterocycles. The van der Waals surface area contributed by atoms with Crippen molar-refractivity contribution in [1.29, 1.82) is 0 Å². The van der Waals surface area contributed by atoms with Gasteiger partial charge in [0.05, 0.1) is 0 Å². The summed E-state index contributed by atoms with van der Waals surface area (Å²) < 4.78 is 0. The average Bonchev–Trinajstić information content (AvgIpc) is 1.77. The third kappa shape index (κ3) is 3.68. The molecule has 0 atom stereocenters. The van der Waals surface area contributed by atoms with Gasteiger partial charge in [-0.05, 0) is 0 Å². The van der Waals surface area contributed by atoms with Gasteiger partial charge >= 0.3 is 21.1 Å². The van der Waals surface area contributed by atoms with Crippen LogP contribution in [0.3, 0.4) is 0 Å². The number of hydrogen-bond acceptors (Lipinski definition) is 1. The van der Waals surface area contributed by atoms with E-state index in [9.17, 15) is 0 Å². The molecule has 1 aromatic carbocycles. The average molecular weight is 305 g/mol. The zero-order chi connectivity index (χ0) is 5.98. The number of nitrogens with two attached hydrogens (primary N) is 1. The summed E-state index contributed by atoms with van der Waals surface area (Å²) in [5.74, 6) is 0. The zero-order valence-electron chi connectivity index (χ0n) is 6.22. The Bertz CT molecular complexity index is 148. The van der Waals surface area contributed by atoms with Crippen LogP contribution in [0.4, 0.5) is 5.69 Å². The van der Waals surface area contributed by atoms with Crippen LogP contribution in [0.1, 0.15) is 5.56 Å². The second kappa shape index (κ2) is 5.49. The molecule has 0 aliphatic carbocycles. The van der Waals surface area contributed by atoms with Gasteiger partial charge in [-0.1, -0.05) is 12.6 Å². The monoisotopic (exact) mass is 305 g/mol. The Labute approximate surface area is 76.9 Å². The van der Waals surface area contributed by atoms with Crippen LogP contribution in [0.15, 0.2) is 18.2 Å². The van der Waals surface area contributed by atoms with Crippen LogP contribution in [-0.2, 0) is 21.1 Å². The molecule has 0 saturated carbocycles. The zero-order valence-corrected chi connectivity index (χ0v) is 9.15. The minimum absolute atomic E-state index is 0. The Morgan fingerprint density at radius 3 is 2.30 bits per heavy atom. The van der Waals surface area contributed by atoms with E-state index in [0.29, 0.717) is 5.69 Å². The summed E-state index contributed by atoms with van der Waals surface area (Å²) in [6, 6.07) is 8.55. The van der Waals surface area contributed by atoms with Gasteiger partial charge in [-0.15, -0.1) is 6.07 Å². The van der Waals surface area contributed by atoms with Crippen LogP contribution in [-0.4, -0.2) is 0 Å². The van der Waals surface area contributed by atoms with Crippen LogP contribution in [0.25, 0.3) is 0 Å². The van der Waals surface area contributed by atoms with Crippen molar-refractivity contribution in [3.05, 3.63) is 37.3 Å². The molecule has 0 radical (unpaired) electrons. The first-order valence-electron chi connectivity index (χ1n) is 2.53. The minimum atomic E-state index is 0. The van der Waals surface area contributed by atoms with Crippen molar-refractivity contribution in [2.24, 2.45) is 0 Å². The molecule has 0 aliphatic rings. The van der Waals surface area contributed by atoms with Crippen molar-refractivity contribution in [3.63, 3.8) is 0 Å². The van der Waals surface area contributed by atoms with Gasteiger partial charge in [0.15, 0.2) is 0 Å². The standard InChI is InChI=1S/C7H8N.CH3.W/c1-6-2-4-7(8)5-3-6;;/h2-4H,8H2,1H3;1H3;/q2*-1;+2. The molecule has 0 heterocycles. The van der Waals surface area contributed by atoms with Gasteiger partial charge in [-0.2, -0.15) is 23.8 Å². The number of benzene rings is 1. The van der Waals surface area contributed by atoms with E-state index < -0.39 is 0 Å². The Hall–Kier alpha value is -0.292. The number of rotatable bonds is 0. The smallest absolute Gasteiger partial charge is 0.420 e. The fourth-order valence-corrected chi connectivity index (χ4v) is 0.515. The summed E-state index contributed by atoms with van der Waals surface area (Å²) in [5.41, 5.74) is 7.27. The fraction of sp³-hybridized carbons (Fsp3) is 0.125. The third-order valence-electron chi connectivity index (χ3n) is 0.992. The first-order chi connectivity index (χ1) is 3.79. The van der Waals surface area contributed by atoms with Crippen molar-refractivity contribution < 1.29 is 21.1 Å². The second-order valence-corrected chi connectivity index (χ2v) is 1.82. The molecule has 0 saturated heterocycles. The maximum absolute atomic E-state index is 5.37. The molecule has 1 nitrogen and oxygen atoms in total. The Balaban J connectivity index is 0.